The summed E-state index contributed by atoms with van der Waals surface area (Å²) in [4.78, 5) is 15.7. The second-order valence-corrected chi connectivity index (χ2v) is 8.38. The van der Waals surface area contributed by atoms with Crippen LogP contribution in [0, 0.1) is 17.8 Å². The van der Waals surface area contributed by atoms with Gasteiger partial charge in [-0.1, -0.05) is 0 Å². The summed E-state index contributed by atoms with van der Waals surface area (Å²) in [5.41, 5.74) is 6.25. The van der Waals surface area contributed by atoms with Gasteiger partial charge >= 0.3 is 0 Å². The van der Waals surface area contributed by atoms with Gasteiger partial charge in [-0.25, -0.2) is 0 Å². The molecule has 2 aliphatic rings. The predicted octanol–water partition coefficient (Wildman–Crippen LogP) is 3.26. The highest BCUT2D eigenvalue weighted by molar-refractivity contribution is 9.11. The number of nitrogens with two attached hydrogens (primary N) is 1. The molecule has 3 rings (SSSR count). The minimum Gasteiger partial charge on any atom is -0.340 e. The summed E-state index contributed by atoms with van der Waals surface area (Å²) in [5, 5.41) is 0. The van der Waals surface area contributed by atoms with Gasteiger partial charge in [0.05, 0.1) is 16.2 Å². The molecule has 20 heavy (non-hydrogen) atoms. The van der Waals surface area contributed by atoms with Crippen LogP contribution in [0.3, 0.4) is 0 Å². The summed E-state index contributed by atoms with van der Waals surface area (Å²) in [5.74, 6) is 1.42. The van der Waals surface area contributed by atoms with Gasteiger partial charge in [-0.05, 0) is 59.2 Å². The molecule has 2 fully saturated rings. The third-order valence-electron chi connectivity index (χ3n) is 4.66. The number of amides is 1. The van der Waals surface area contributed by atoms with E-state index in [9.17, 15) is 4.79 Å². The SMILES string of the molecule is CN(Cc1ccc(Br)s1)C(=O)C1C2CCC(C2)C1N.Cl. The van der Waals surface area contributed by atoms with Crippen molar-refractivity contribution in [1.82, 2.24) is 4.90 Å². The van der Waals surface area contributed by atoms with Gasteiger partial charge in [-0.2, -0.15) is 0 Å². The zero-order valence-electron chi connectivity index (χ0n) is 11.4. The fraction of sp³-hybridized carbons (Fsp3) is 0.643. The van der Waals surface area contributed by atoms with Crippen LogP contribution in [0.25, 0.3) is 0 Å². The quantitative estimate of drug-likeness (QED) is 0.876. The van der Waals surface area contributed by atoms with Crippen LogP contribution in [-0.4, -0.2) is 23.9 Å². The van der Waals surface area contributed by atoms with Gasteiger partial charge < -0.3 is 10.6 Å². The molecule has 0 aromatic carbocycles. The molecule has 0 aliphatic heterocycles. The van der Waals surface area contributed by atoms with Crippen molar-refractivity contribution in [3.63, 3.8) is 0 Å². The fourth-order valence-electron chi connectivity index (χ4n) is 3.71. The molecule has 4 atom stereocenters. The molecular weight excluding hydrogens is 360 g/mol. The van der Waals surface area contributed by atoms with Gasteiger partial charge in [-0.15, -0.1) is 23.7 Å². The maximum atomic E-state index is 12.6. The molecule has 3 nitrogen and oxygen atoms in total. The van der Waals surface area contributed by atoms with E-state index in [2.05, 4.69) is 22.0 Å². The van der Waals surface area contributed by atoms with Crippen molar-refractivity contribution in [2.24, 2.45) is 23.5 Å². The number of halogens is 2. The van der Waals surface area contributed by atoms with Crippen LogP contribution >= 0.6 is 39.7 Å². The molecule has 4 unspecified atom stereocenters. The molecule has 2 N–H and O–H groups in total. The number of thiophene rings is 1. The van der Waals surface area contributed by atoms with E-state index in [-0.39, 0.29) is 30.3 Å². The summed E-state index contributed by atoms with van der Waals surface area (Å²) < 4.78 is 1.11. The average Bonchev–Trinajstić information content (AvgIpc) is 3.05. The smallest absolute Gasteiger partial charge is 0.227 e. The Bertz CT molecular complexity index is 493. The maximum Gasteiger partial charge on any atom is 0.227 e. The van der Waals surface area contributed by atoms with E-state index in [0.29, 0.717) is 18.4 Å². The number of rotatable bonds is 3. The van der Waals surface area contributed by atoms with Crippen LogP contribution in [0.15, 0.2) is 15.9 Å². The molecule has 1 aromatic heterocycles. The van der Waals surface area contributed by atoms with Crippen LogP contribution in [0.1, 0.15) is 24.1 Å². The molecule has 2 saturated carbocycles. The van der Waals surface area contributed by atoms with Crippen molar-refractivity contribution >= 4 is 45.6 Å². The lowest BCUT2D eigenvalue weighted by Gasteiger charge is -2.30. The monoisotopic (exact) mass is 378 g/mol. The largest absolute Gasteiger partial charge is 0.340 e. The molecule has 112 valence electrons. The first-order valence-corrected chi connectivity index (χ1v) is 8.42. The Morgan fingerprint density at radius 3 is 2.70 bits per heavy atom. The Morgan fingerprint density at radius 2 is 2.15 bits per heavy atom. The van der Waals surface area contributed by atoms with Crippen molar-refractivity contribution in [1.29, 1.82) is 0 Å². The highest BCUT2D eigenvalue weighted by Crippen LogP contribution is 2.48. The molecule has 2 bridgehead atoms. The number of carbonyl (C=O) groups is 1. The van der Waals surface area contributed by atoms with Gasteiger partial charge in [0, 0.05) is 18.0 Å². The first-order valence-electron chi connectivity index (χ1n) is 6.81. The van der Waals surface area contributed by atoms with Crippen molar-refractivity contribution in [2.75, 3.05) is 7.05 Å². The summed E-state index contributed by atoms with van der Waals surface area (Å²) >= 11 is 5.14. The van der Waals surface area contributed by atoms with E-state index in [1.807, 2.05) is 18.0 Å². The van der Waals surface area contributed by atoms with E-state index >= 15 is 0 Å². The number of nitrogens with zero attached hydrogens (tertiary/aromatic N) is 1. The molecule has 0 saturated heterocycles. The molecule has 2 aliphatic carbocycles. The Hall–Kier alpha value is -0.100. The normalized spacial score (nSPS) is 31.1. The van der Waals surface area contributed by atoms with Crippen molar-refractivity contribution in [3.05, 3.63) is 20.8 Å². The van der Waals surface area contributed by atoms with Gasteiger partial charge in [0.25, 0.3) is 0 Å². The summed E-state index contributed by atoms with van der Waals surface area (Å²) in [6.45, 7) is 0.690. The number of fused-ring (bicyclic) bond motifs is 2. The Kier molecular flexibility index (Phi) is 5.16. The van der Waals surface area contributed by atoms with Crippen molar-refractivity contribution < 1.29 is 4.79 Å². The van der Waals surface area contributed by atoms with E-state index < -0.39 is 0 Å². The predicted molar refractivity (Wildman–Crippen MR) is 88.0 cm³/mol. The lowest BCUT2D eigenvalue weighted by Crippen LogP contribution is -2.45. The molecule has 1 heterocycles. The number of hydrogen-bond acceptors (Lipinski definition) is 3. The molecule has 0 spiro atoms. The lowest BCUT2D eigenvalue weighted by atomic mass is 9.84. The van der Waals surface area contributed by atoms with E-state index in [4.69, 9.17) is 5.73 Å². The van der Waals surface area contributed by atoms with Crippen LogP contribution in [0.4, 0.5) is 0 Å². The lowest BCUT2D eigenvalue weighted by molar-refractivity contribution is -0.136. The van der Waals surface area contributed by atoms with E-state index in [1.54, 1.807) is 11.3 Å². The zero-order chi connectivity index (χ0) is 13.6. The second kappa shape index (κ2) is 6.34. The molecule has 0 radical (unpaired) electrons. The Labute approximate surface area is 138 Å². The summed E-state index contributed by atoms with van der Waals surface area (Å²) in [6.07, 6.45) is 3.57. The van der Waals surface area contributed by atoms with Crippen molar-refractivity contribution in [2.45, 2.75) is 31.8 Å². The second-order valence-electron chi connectivity index (χ2n) is 5.84. The third-order valence-corrected chi connectivity index (χ3v) is 6.27. The standard InChI is InChI=1S/C14H19BrN2OS.ClH/c1-17(7-10-4-5-11(15)19-10)14(18)12-8-2-3-9(6-8)13(12)16;/h4-5,8-9,12-13H,2-3,6-7,16H2,1H3;1H. The van der Waals surface area contributed by atoms with Gasteiger partial charge in [0.15, 0.2) is 0 Å². The number of hydrogen-bond donors (Lipinski definition) is 1. The minimum atomic E-state index is 0. The first kappa shape index (κ1) is 16.3. The van der Waals surface area contributed by atoms with Crippen LogP contribution < -0.4 is 5.73 Å². The van der Waals surface area contributed by atoms with Gasteiger partial charge in [0.1, 0.15) is 0 Å². The zero-order valence-corrected chi connectivity index (χ0v) is 14.6. The Balaban J connectivity index is 0.00000147. The van der Waals surface area contributed by atoms with Gasteiger partial charge in [-0.3, -0.25) is 4.79 Å². The topological polar surface area (TPSA) is 46.3 Å². The van der Waals surface area contributed by atoms with E-state index in [0.717, 1.165) is 10.2 Å². The summed E-state index contributed by atoms with van der Waals surface area (Å²) in [7, 11) is 1.90. The maximum absolute atomic E-state index is 12.6. The highest BCUT2D eigenvalue weighted by atomic mass is 79.9. The van der Waals surface area contributed by atoms with Crippen LogP contribution in [0.2, 0.25) is 0 Å². The average molecular weight is 380 g/mol. The van der Waals surface area contributed by atoms with Crippen molar-refractivity contribution in [3.8, 4) is 0 Å². The highest BCUT2D eigenvalue weighted by Gasteiger charge is 2.49. The van der Waals surface area contributed by atoms with Gasteiger partial charge in [0.2, 0.25) is 5.91 Å². The summed E-state index contributed by atoms with van der Waals surface area (Å²) in [6, 6.07) is 4.18. The molecule has 1 amide bonds. The van der Waals surface area contributed by atoms with Crippen LogP contribution in [-0.2, 0) is 11.3 Å². The molecule has 6 heteroatoms. The first-order chi connectivity index (χ1) is 9.06. The van der Waals surface area contributed by atoms with Crippen LogP contribution in [0.5, 0.6) is 0 Å². The third kappa shape index (κ3) is 2.91. The molecular formula is C14H20BrClN2OS. The minimum absolute atomic E-state index is 0. The number of carbonyl (C=O) groups excluding carboxylic acids is 1. The molecule has 1 aromatic rings. The Morgan fingerprint density at radius 1 is 1.45 bits per heavy atom. The van der Waals surface area contributed by atoms with E-state index in [1.165, 1.54) is 17.7 Å². The fourth-order valence-corrected chi connectivity index (χ4v) is 5.24.